The van der Waals surface area contributed by atoms with Crippen LogP contribution in [0.25, 0.3) is 11.1 Å². The average Bonchev–Trinajstić information content (AvgIpc) is 2.47. The Morgan fingerprint density at radius 3 is 2.04 bits per heavy atom. The summed E-state index contributed by atoms with van der Waals surface area (Å²) in [4.78, 5) is 13.2. The second-order valence-corrected chi connectivity index (χ2v) is 4.97. The Morgan fingerprint density at radius 2 is 1.57 bits per heavy atom. The molecule has 0 aliphatic rings. The van der Waals surface area contributed by atoms with Gasteiger partial charge in [-0.3, -0.25) is 4.79 Å². The highest BCUT2D eigenvalue weighted by atomic mass is 19.4. The van der Waals surface area contributed by atoms with Gasteiger partial charge in [0.05, 0.1) is 0 Å². The molecule has 0 saturated heterocycles. The SMILES string of the molecule is CN(C)C(=O)c1ccc(-c2ccc(OC(F)(F)F)c(F)c2)cc1. The van der Waals surface area contributed by atoms with Crippen LogP contribution in [-0.2, 0) is 0 Å². The summed E-state index contributed by atoms with van der Waals surface area (Å²) in [6.45, 7) is 0. The molecule has 2 aromatic carbocycles. The molecule has 0 spiro atoms. The zero-order valence-electron chi connectivity index (χ0n) is 12.3. The molecular formula is C16H13F4NO2. The maximum absolute atomic E-state index is 13.7. The lowest BCUT2D eigenvalue weighted by atomic mass is 10.0. The second-order valence-electron chi connectivity index (χ2n) is 4.97. The molecule has 3 nitrogen and oxygen atoms in total. The number of hydrogen-bond donors (Lipinski definition) is 0. The van der Waals surface area contributed by atoms with Gasteiger partial charge in [0.1, 0.15) is 0 Å². The van der Waals surface area contributed by atoms with E-state index in [0.717, 1.165) is 12.1 Å². The third-order valence-corrected chi connectivity index (χ3v) is 3.03. The molecule has 0 heterocycles. The molecule has 0 saturated carbocycles. The quantitative estimate of drug-likeness (QED) is 0.795. The monoisotopic (exact) mass is 327 g/mol. The van der Waals surface area contributed by atoms with Crippen molar-refractivity contribution < 1.29 is 27.1 Å². The number of halogens is 4. The van der Waals surface area contributed by atoms with Gasteiger partial charge in [0.25, 0.3) is 5.91 Å². The normalized spacial score (nSPS) is 11.2. The first-order chi connectivity index (χ1) is 10.7. The van der Waals surface area contributed by atoms with Gasteiger partial charge in [-0.2, -0.15) is 0 Å². The zero-order valence-corrected chi connectivity index (χ0v) is 12.3. The summed E-state index contributed by atoms with van der Waals surface area (Å²) in [5.41, 5.74) is 1.40. The summed E-state index contributed by atoms with van der Waals surface area (Å²) in [6.07, 6.45) is -4.95. The van der Waals surface area contributed by atoms with Crippen molar-refractivity contribution in [3.05, 3.63) is 53.8 Å². The van der Waals surface area contributed by atoms with Crippen molar-refractivity contribution in [2.24, 2.45) is 0 Å². The van der Waals surface area contributed by atoms with Crippen LogP contribution in [0.15, 0.2) is 42.5 Å². The van der Waals surface area contributed by atoms with Gasteiger partial charge in [-0.05, 0) is 35.4 Å². The van der Waals surface area contributed by atoms with Crippen LogP contribution in [0.5, 0.6) is 5.75 Å². The smallest absolute Gasteiger partial charge is 0.403 e. The molecule has 2 rings (SSSR count). The molecule has 1 amide bonds. The standard InChI is InChI=1S/C16H13F4NO2/c1-21(2)15(22)11-5-3-10(4-6-11)12-7-8-14(13(17)9-12)23-16(18,19)20/h3-9H,1-2H3. The van der Waals surface area contributed by atoms with E-state index in [1.165, 1.54) is 11.0 Å². The Hall–Kier alpha value is -2.57. The molecule has 0 aliphatic carbocycles. The first kappa shape index (κ1) is 16.8. The fourth-order valence-electron chi connectivity index (χ4n) is 1.95. The van der Waals surface area contributed by atoms with E-state index in [-0.39, 0.29) is 5.91 Å². The number of amides is 1. The fourth-order valence-corrected chi connectivity index (χ4v) is 1.95. The molecule has 122 valence electrons. The second kappa shape index (κ2) is 6.28. The summed E-state index contributed by atoms with van der Waals surface area (Å²) in [7, 11) is 3.23. The van der Waals surface area contributed by atoms with Crippen LogP contribution in [0, 0.1) is 5.82 Å². The Labute approximate surface area is 130 Å². The molecule has 2 aromatic rings. The number of hydrogen-bond acceptors (Lipinski definition) is 2. The number of benzene rings is 2. The summed E-state index contributed by atoms with van der Waals surface area (Å²) in [6, 6.07) is 9.49. The lowest BCUT2D eigenvalue weighted by Gasteiger charge is -2.12. The lowest BCUT2D eigenvalue weighted by Crippen LogP contribution is -2.21. The molecule has 0 atom stereocenters. The van der Waals surface area contributed by atoms with Gasteiger partial charge < -0.3 is 9.64 Å². The minimum Gasteiger partial charge on any atom is -0.403 e. The van der Waals surface area contributed by atoms with Crippen LogP contribution in [0.3, 0.4) is 0 Å². The Kier molecular flexibility index (Phi) is 4.58. The van der Waals surface area contributed by atoms with E-state index < -0.39 is 17.9 Å². The van der Waals surface area contributed by atoms with Crippen LogP contribution in [0.1, 0.15) is 10.4 Å². The molecule has 0 bridgehead atoms. The predicted octanol–water partition coefficient (Wildman–Crippen LogP) is 4.09. The number of ether oxygens (including phenoxy) is 1. The maximum atomic E-state index is 13.7. The third-order valence-electron chi connectivity index (χ3n) is 3.03. The van der Waals surface area contributed by atoms with Crippen LogP contribution < -0.4 is 4.74 Å². The van der Waals surface area contributed by atoms with E-state index in [2.05, 4.69) is 4.74 Å². The minimum atomic E-state index is -4.95. The van der Waals surface area contributed by atoms with Gasteiger partial charge in [-0.15, -0.1) is 13.2 Å². The van der Waals surface area contributed by atoms with Gasteiger partial charge in [-0.1, -0.05) is 18.2 Å². The molecular weight excluding hydrogens is 314 g/mol. The van der Waals surface area contributed by atoms with Crippen molar-refractivity contribution in [1.29, 1.82) is 0 Å². The third kappa shape index (κ3) is 4.21. The lowest BCUT2D eigenvalue weighted by molar-refractivity contribution is -0.275. The molecule has 0 fully saturated rings. The van der Waals surface area contributed by atoms with Crippen molar-refractivity contribution in [3.63, 3.8) is 0 Å². The van der Waals surface area contributed by atoms with E-state index >= 15 is 0 Å². The topological polar surface area (TPSA) is 29.5 Å². The highest BCUT2D eigenvalue weighted by Gasteiger charge is 2.32. The van der Waals surface area contributed by atoms with Crippen LogP contribution in [0.4, 0.5) is 17.6 Å². The largest absolute Gasteiger partial charge is 0.573 e. The Balaban J connectivity index is 2.26. The molecule has 0 aromatic heterocycles. The Bertz CT molecular complexity index is 709. The van der Waals surface area contributed by atoms with E-state index in [0.29, 0.717) is 16.7 Å². The van der Waals surface area contributed by atoms with Crippen molar-refractivity contribution in [1.82, 2.24) is 4.90 Å². The molecule has 23 heavy (non-hydrogen) atoms. The molecule has 0 N–H and O–H groups in total. The van der Waals surface area contributed by atoms with Crippen LogP contribution in [0.2, 0.25) is 0 Å². The molecule has 0 aliphatic heterocycles. The minimum absolute atomic E-state index is 0.184. The summed E-state index contributed by atoms with van der Waals surface area (Å²) in [5.74, 6) is -2.19. The van der Waals surface area contributed by atoms with Gasteiger partial charge in [0.2, 0.25) is 0 Å². The molecule has 0 radical (unpaired) electrons. The highest BCUT2D eigenvalue weighted by molar-refractivity contribution is 5.94. The number of rotatable bonds is 3. The van der Waals surface area contributed by atoms with Crippen LogP contribution >= 0.6 is 0 Å². The van der Waals surface area contributed by atoms with E-state index in [1.807, 2.05) is 0 Å². The van der Waals surface area contributed by atoms with E-state index in [9.17, 15) is 22.4 Å². The summed E-state index contributed by atoms with van der Waals surface area (Å²) in [5, 5.41) is 0. The van der Waals surface area contributed by atoms with E-state index in [1.54, 1.807) is 38.4 Å². The number of carbonyl (C=O) groups is 1. The van der Waals surface area contributed by atoms with Gasteiger partial charge in [0.15, 0.2) is 11.6 Å². The summed E-state index contributed by atoms with van der Waals surface area (Å²) >= 11 is 0. The highest BCUT2D eigenvalue weighted by Crippen LogP contribution is 2.29. The fraction of sp³-hybridized carbons (Fsp3) is 0.188. The van der Waals surface area contributed by atoms with Crippen molar-refractivity contribution in [3.8, 4) is 16.9 Å². The first-order valence-corrected chi connectivity index (χ1v) is 6.55. The number of alkyl halides is 3. The van der Waals surface area contributed by atoms with Crippen molar-refractivity contribution in [2.75, 3.05) is 14.1 Å². The summed E-state index contributed by atoms with van der Waals surface area (Å²) < 4.78 is 53.6. The Morgan fingerprint density at radius 1 is 1.00 bits per heavy atom. The average molecular weight is 327 g/mol. The van der Waals surface area contributed by atoms with E-state index in [4.69, 9.17) is 0 Å². The zero-order chi connectivity index (χ0) is 17.2. The predicted molar refractivity (Wildman–Crippen MR) is 76.5 cm³/mol. The number of carbonyl (C=O) groups excluding carboxylic acids is 1. The molecule has 0 unspecified atom stereocenters. The maximum Gasteiger partial charge on any atom is 0.573 e. The van der Waals surface area contributed by atoms with Gasteiger partial charge in [-0.25, -0.2) is 4.39 Å². The number of nitrogens with zero attached hydrogens (tertiary/aromatic N) is 1. The van der Waals surface area contributed by atoms with Crippen molar-refractivity contribution >= 4 is 5.91 Å². The van der Waals surface area contributed by atoms with Gasteiger partial charge in [0, 0.05) is 19.7 Å². The molecule has 7 heteroatoms. The van der Waals surface area contributed by atoms with Crippen LogP contribution in [-0.4, -0.2) is 31.3 Å². The van der Waals surface area contributed by atoms with Gasteiger partial charge >= 0.3 is 6.36 Å². The first-order valence-electron chi connectivity index (χ1n) is 6.55. The van der Waals surface area contributed by atoms with Crippen molar-refractivity contribution in [2.45, 2.75) is 6.36 Å².